The summed E-state index contributed by atoms with van der Waals surface area (Å²) in [6.07, 6.45) is 3.86. The SMILES string of the molecule is CC(C)=CCn1nc(C(=O)NC2CC3COCC(C2)N3Cc2ccc(Cl)cc2)c2ccccc21. The van der Waals surface area contributed by atoms with E-state index in [1.165, 1.54) is 11.1 Å². The molecule has 34 heavy (non-hydrogen) atoms. The van der Waals surface area contributed by atoms with Crippen LogP contribution < -0.4 is 5.32 Å². The molecule has 2 atom stereocenters. The Bertz CT molecular complexity index is 1190. The minimum Gasteiger partial charge on any atom is -0.378 e. The number of piperidine rings is 1. The lowest BCUT2D eigenvalue weighted by molar-refractivity contribution is -0.0843. The molecule has 2 saturated heterocycles. The number of para-hydroxylation sites is 1. The van der Waals surface area contributed by atoms with Gasteiger partial charge < -0.3 is 10.1 Å². The molecule has 7 heteroatoms. The van der Waals surface area contributed by atoms with Crippen molar-refractivity contribution in [2.45, 2.75) is 57.9 Å². The maximum absolute atomic E-state index is 13.3. The van der Waals surface area contributed by atoms with Gasteiger partial charge in [-0.25, -0.2) is 0 Å². The average Bonchev–Trinajstić information content (AvgIpc) is 3.18. The number of fused-ring (bicyclic) bond motifs is 3. The number of aromatic nitrogens is 2. The van der Waals surface area contributed by atoms with E-state index in [-0.39, 0.29) is 24.0 Å². The maximum Gasteiger partial charge on any atom is 0.272 e. The molecule has 1 N–H and O–H groups in total. The number of morpholine rings is 1. The highest BCUT2D eigenvalue weighted by atomic mass is 35.5. The van der Waals surface area contributed by atoms with E-state index in [0.29, 0.717) is 25.5 Å². The molecule has 2 bridgehead atoms. The van der Waals surface area contributed by atoms with Crippen molar-refractivity contribution in [2.24, 2.45) is 0 Å². The monoisotopic (exact) mass is 478 g/mol. The topological polar surface area (TPSA) is 59.4 Å². The second-order valence-electron chi connectivity index (χ2n) is 9.62. The first kappa shape index (κ1) is 23.1. The molecule has 2 aliphatic heterocycles. The van der Waals surface area contributed by atoms with Gasteiger partial charge in [-0.2, -0.15) is 5.10 Å². The molecule has 178 valence electrons. The zero-order valence-corrected chi connectivity index (χ0v) is 20.5. The van der Waals surface area contributed by atoms with Crippen molar-refractivity contribution < 1.29 is 9.53 Å². The second kappa shape index (κ2) is 9.90. The van der Waals surface area contributed by atoms with Crippen LogP contribution in [-0.4, -0.2) is 51.9 Å². The Balaban J connectivity index is 1.30. The first-order chi connectivity index (χ1) is 16.5. The van der Waals surface area contributed by atoms with E-state index in [9.17, 15) is 4.79 Å². The zero-order chi connectivity index (χ0) is 23.7. The highest BCUT2D eigenvalue weighted by Gasteiger charge is 2.39. The number of allylic oxidation sites excluding steroid dienone is 2. The summed E-state index contributed by atoms with van der Waals surface area (Å²) in [4.78, 5) is 15.9. The van der Waals surface area contributed by atoms with Crippen molar-refractivity contribution in [3.05, 3.63) is 76.5 Å². The lowest BCUT2D eigenvalue weighted by atomic mass is 9.89. The number of nitrogens with one attached hydrogen (secondary N) is 1. The van der Waals surface area contributed by atoms with Crippen molar-refractivity contribution in [3.8, 4) is 0 Å². The van der Waals surface area contributed by atoms with Crippen LogP contribution in [0.15, 0.2) is 60.2 Å². The van der Waals surface area contributed by atoms with Crippen molar-refractivity contribution in [3.63, 3.8) is 0 Å². The Kier molecular flexibility index (Phi) is 6.73. The fraction of sp³-hybridized carbons (Fsp3) is 0.407. The summed E-state index contributed by atoms with van der Waals surface area (Å²) >= 11 is 6.05. The molecule has 1 aromatic heterocycles. The number of carbonyl (C=O) groups is 1. The van der Waals surface area contributed by atoms with Gasteiger partial charge in [0.1, 0.15) is 0 Å². The van der Waals surface area contributed by atoms with E-state index < -0.39 is 0 Å². The number of hydrogen-bond donors (Lipinski definition) is 1. The summed E-state index contributed by atoms with van der Waals surface area (Å²) in [5, 5.41) is 9.64. The van der Waals surface area contributed by atoms with Gasteiger partial charge in [0.2, 0.25) is 0 Å². The summed E-state index contributed by atoms with van der Waals surface area (Å²) in [5.74, 6) is -0.0951. The zero-order valence-electron chi connectivity index (χ0n) is 19.7. The van der Waals surface area contributed by atoms with E-state index in [2.05, 4.69) is 42.3 Å². The highest BCUT2D eigenvalue weighted by Crippen LogP contribution is 2.30. The van der Waals surface area contributed by atoms with E-state index in [1.807, 2.05) is 41.1 Å². The third-order valence-electron chi connectivity index (χ3n) is 6.83. The van der Waals surface area contributed by atoms with Crippen LogP contribution >= 0.6 is 11.6 Å². The summed E-state index contributed by atoms with van der Waals surface area (Å²) in [5.41, 5.74) is 3.96. The summed E-state index contributed by atoms with van der Waals surface area (Å²) in [7, 11) is 0. The number of benzene rings is 2. The van der Waals surface area contributed by atoms with E-state index in [4.69, 9.17) is 21.4 Å². The average molecular weight is 479 g/mol. The van der Waals surface area contributed by atoms with Crippen molar-refractivity contribution in [1.29, 1.82) is 0 Å². The molecule has 0 radical (unpaired) electrons. The lowest BCUT2D eigenvalue weighted by Crippen LogP contribution is -2.60. The van der Waals surface area contributed by atoms with Gasteiger partial charge in [-0.3, -0.25) is 14.4 Å². The van der Waals surface area contributed by atoms with Gasteiger partial charge in [0.15, 0.2) is 5.69 Å². The Morgan fingerprint density at radius 3 is 2.53 bits per heavy atom. The fourth-order valence-corrected chi connectivity index (χ4v) is 5.25. The quantitative estimate of drug-likeness (QED) is 0.516. The van der Waals surface area contributed by atoms with E-state index in [0.717, 1.165) is 35.3 Å². The molecule has 0 saturated carbocycles. The number of amides is 1. The molecule has 2 aromatic carbocycles. The smallest absolute Gasteiger partial charge is 0.272 e. The molecular formula is C27H31ClN4O2. The Morgan fingerprint density at radius 2 is 1.82 bits per heavy atom. The Hall–Kier alpha value is -2.67. The molecule has 2 unspecified atom stereocenters. The second-order valence-corrected chi connectivity index (χ2v) is 10.1. The van der Waals surface area contributed by atoms with Crippen LogP contribution in [0, 0.1) is 0 Å². The Morgan fingerprint density at radius 1 is 1.12 bits per heavy atom. The van der Waals surface area contributed by atoms with Crippen LogP contribution in [0.2, 0.25) is 5.02 Å². The molecule has 1 amide bonds. The van der Waals surface area contributed by atoms with Crippen molar-refractivity contribution in [2.75, 3.05) is 13.2 Å². The molecule has 3 heterocycles. The highest BCUT2D eigenvalue weighted by molar-refractivity contribution is 6.30. The van der Waals surface area contributed by atoms with Gasteiger partial charge in [0.25, 0.3) is 5.91 Å². The number of ether oxygens (including phenoxy) is 1. The number of carbonyl (C=O) groups excluding carboxylic acids is 1. The van der Waals surface area contributed by atoms with Crippen LogP contribution in [0.25, 0.3) is 10.9 Å². The normalized spacial score (nSPS) is 22.5. The predicted octanol–water partition coefficient (Wildman–Crippen LogP) is 4.82. The van der Waals surface area contributed by atoms with Gasteiger partial charge in [-0.15, -0.1) is 0 Å². The molecule has 6 nitrogen and oxygen atoms in total. The van der Waals surface area contributed by atoms with Crippen LogP contribution in [-0.2, 0) is 17.8 Å². The summed E-state index contributed by atoms with van der Waals surface area (Å²) < 4.78 is 7.78. The van der Waals surface area contributed by atoms with Crippen LogP contribution in [0.4, 0.5) is 0 Å². The first-order valence-corrected chi connectivity index (χ1v) is 12.3. The third-order valence-corrected chi connectivity index (χ3v) is 7.08. The molecule has 0 spiro atoms. The van der Waals surface area contributed by atoms with E-state index >= 15 is 0 Å². The molecular weight excluding hydrogens is 448 g/mol. The number of rotatable bonds is 6. The van der Waals surface area contributed by atoms with Crippen molar-refractivity contribution >= 4 is 28.4 Å². The van der Waals surface area contributed by atoms with Gasteiger partial charge >= 0.3 is 0 Å². The van der Waals surface area contributed by atoms with Gasteiger partial charge in [0, 0.05) is 35.1 Å². The first-order valence-electron chi connectivity index (χ1n) is 12.0. The largest absolute Gasteiger partial charge is 0.378 e. The number of nitrogens with zero attached hydrogens (tertiary/aromatic N) is 3. The fourth-order valence-electron chi connectivity index (χ4n) is 5.12. The molecule has 2 fully saturated rings. The molecule has 0 aliphatic carbocycles. The number of halogens is 1. The van der Waals surface area contributed by atoms with Gasteiger partial charge in [0.05, 0.1) is 25.3 Å². The maximum atomic E-state index is 13.3. The third kappa shape index (κ3) is 4.90. The molecule has 5 rings (SSSR count). The predicted molar refractivity (Wildman–Crippen MR) is 135 cm³/mol. The van der Waals surface area contributed by atoms with Gasteiger partial charge in [-0.1, -0.05) is 53.6 Å². The minimum atomic E-state index is -0.0951. The van der Waals surface area contributed by atoms with Crippen LogP contribution in [0.3, 0.4) is 0 Å². The summed E-state index contributed by atoms with van der Waals surface area (Å²) in [6, 6.07) is 16.7. The number of hydrogen-bond acceptors (Lipinski definition) is 4. The van der Waals surface area contributed by atoms with Crippen LogP contribution in [0.1, 0.15) is 42.7 Å². The summed E-state index contributed by atoms with van der Waals surface area (Å²) in [6.45, 7) is 7.04. The van der Waals surface area contributed by atoms with E-state index in [1.54, 1.807) is 0 Å². The molecule has 2 aliphatic rings. The van der Waals surface area contributed by atoms with Crippen LogP contribution in [0.5, 0.6) is 0 Å². The Labute approximate surface area is 205 Å². The van der Waals surface area contributed by atoms with Crippen molar-refractivity contribution in [1.82, 2.24) is 20.0 Å². The lowest BCUT2D eigenvalue weighted by Gasteiger charge is -2.48. The standard InChI is InChI=1S/C27H31ClN4O2/c1-18(2)11-12-32-25-6-4-3-5-24(25)26(30-32)27(33)29-21-13-22-16-34-17-23(14-21)31(22)15-19-7-9-20(28)10-8-19/h3-11,21-23H,12-17H2,1-2H3,(H,29,33). The van der Waals surface area contributed by atoms with Gasteiger partial charge in [-0.05, 0) is 50.5 Å². The minimum absolute atomic E-state index is 0.0951. The molecule has 3 aromatic rings.